The van der Waals surface area contributed by atoms with Gasteiger partial charge in [0.15, 0.2) is 0 Å². The molecule has 0 aromatic rings. The Kier molecular flexibility index (Phi) is 4.99. The van der Waals surface area contributed by atoms with Crippen LogP contribution in [0.1, 0.15) is 37.5 Å². The van der Waals surface area contributed by atoms with Gasteiger partial charge in [-0.15, -0.1) is 0 Å². The van der Waals surface area contributed by atoms with Crippen molar-refractivity contribution in [2.24, 2.45) is 5.41 Å². The van der Waals surface area contributed by atoms with Gasteiger partial charge in [0.05, 0.1) is 0 Å². The zero-order valence-corrected chi connectivity index (χ0v) is 9.40. The summed E-state index contributed by atoms with van der Waals surface area (Å²) in [5.41, 5.74) is -0.280. The molecule has 0 radical (unpaired) electrons. The second-order valence-electron chi connectivity index (χ2n) is 4.61. The van der Waals surface area contributed by atoms with Crippen LogP contribution in [-0.2, 0) is 4.79 Å². The number of nitrogens with one attached hydrogen (secondary N) is 2. The quantitative estimate of drug-likeness (QED) is 0.662. The van der Waals surface area contributed by atoms with Crippen LogP contribution in [0.25, 0.3) is 0 Å². The summed E-state index contributed by atoms with van der Waals surface area (Å²) in [5.74, 6) is 0.109. The molecule has 0 atom stereocenters. The van der Waals surface area contributed by atoms with Crippen LogP contribution in [0.3, 0.4) is 0 Å². The van der Waals surface area contributed by atoms with Gasteiger partial charge in [-0.2, -0.15) is 0 Å². The maximum atomic E-state index is 11.4. The van der Waals surface area contributed by atoms with Crippen LogP contribution in [0.2, 0.25) is 0 Å². The minimum absolute atomic E-state index is 0. The number of hydrogen-bond donors (Lipinski definition) is 2. The Labute approximate surface area is 84.3 Å². The first kappa shape index (κ1) is 12.4. The van der Waals surface area contributed by atoms with Gasteiger partial charge in [0.1, 0.15) is 0 Å². The van der Waals surface area contributed by atoms with Crippen LogP contribution in [0, 0.1) is 5.41 Å². The summed E-state index contributed by atoms with van der Waals surface area (Å²) in [6, 6.07) is 0.478. The van der Waals surface area contributed by atoms with Crippen molar-refractivity contribution < 1.29 is 7.65 Å². The summed E-state index contributed by atoms with van der Waals surface area (Å²) in [5, 5.41) is 6.11. The molecule has 3 heteroatoms. The standard InChI is InChI=1S/C10H22N2O.2H2/c1-8(2)11-6-7-12-9(13)10(3,4)5;;/h8,11H,6-7H2,1-5H3,(H,12,13);2*1H. The molecule has 3 nitrogen and oxygen atoms in total. The molecule has 13 heavy (non-hydrogen) atoms. The Morgan fingerprint density at radius 2 is 1.85 bits per heavy atom. The summed E-state index contributed by atoms with van der Waals surface area (Å²) < 4.78 is 0. The van der Waals surface area contributed by atoms with Gasteiger partial charge >= 0.3 is 0 Å². The molecule has 0 aromatic heterocycles. The van der Waals surface area contributed by atoms with Gasteiger partial charge in [0.25, 0.3) is 0 Å². The van der Waals surface area contributed by atoms with E-state index in [0.717, 1.165) is 6.54 Å². The van der Waals surface area contributed by atoms with Crippen molar-refractivity contribution in [1.82, 2.24) is 10.6 Å². The predicted octanol–water partition coefficient (Wildman–Crippen LogP) is 1.64. The molecular formula is C10H26N2O. The highest BCUT2D eigenvalue weighted by Crippen LogP contribution is 2.11. The SMILES string of the molecule is CC(C)NCCNC(=O)C(C)(C)C.[HH].[HH]. The number of carbonyl (C=O) groups is 1. The Morgan fingerprint density at radius 3 is 2.23 bits per heavy atom. The molecule has 82 valence electrons. The molecule has 0 aliphatic rings. The van der Waals surface area contributed by atoms with Gasteiger partial charge in [-0.05, 0) is 0 Å². The Balaban J connectivity index is -0.000000720. The van der Waals surface area contributed by atoms with Crippen molar-refractivity contribution >= 4 is 5.91 Å². The molecule has 0 bridgehead atoms. The lowest BCUT2D eigenvalue weighted by molar-refractivity contribution is -0.128. The Hall–Kier alpha value is -0.570. The zero-order chi connectivity index (χ0) is 10.5. The summed E-state index contributed by atoms with van der Waals surface area (Å²) >= 11 is 0. The van der Waals surface area contributed by atoms with Gasteiger partial charge < -0.3 is 10.6 Å². The van der Waals surface area contributed by atoms with E-state index >= 15 is 0 Å². The highest BCUT2D eigenvalue weighted by molar-refractivity contribution is 5.81. The third kappa shape index (κ3) is 6.58. The fourth-order valence-corrected chi connectivity index (χ4v) is 0.802. The van der Waals surface area contributed by atoms with E-state index in [0.29, 0.717) is 12.6 Å². The summed E-state index contributed by atoms with van der Waals surface area (Å²) in [6.45, 7) is 11.5. The lowest BCUT2D eigenvalue weighted by atomic mass is 9.96. The minimum Gasteiger partial charge on any atom is -0.354 e. The van der Waals surface area contributed by atoms with Crippen LogP contribution in [0.15, 0.2) is 0 Å². The Bertz CT molecular complexity index is 167. The molecule has 0 rings (SSSR count). The maximum Gasteiger partial charge on any atom is 0.225 e. The van der Waals surface area contributed by atoms with Crippen molar-refractivity contribution in [3.63, 3.8) is 0 Å². The van der Waals surface area contributed by atoms with Crippen molar-refractivity contribution in [3.8, 4) is 0 Å². The molecule has 1 amide bonds. The van der Waals surface area contributed by atoms with Crippen molar-refractivity contribution in [3.05, 3.63) is 0 Å². The van der Waals surface area contributed by atoms with E-state index in [1.807, 2.05) is 20.8 Å². The van der Waals surface area contributed by atoms with E-state index in [2.05, 4.69) is 24.5 Å². The lowest BCUT2D eigenvalue weighted by Crippen LogP contribution is -2.39. The summed E-state index contributed by atoms with van der Waals surface area (Å²) in [7, 11) is 0. The number of rotatable bonds is 4. The second kappa shape index (κ2) is 5.22. The Morgan fingerprint density at radius 1 is 1.31 bits per heavy atom. The summed E-state index contributed by atoms with van der Waals surface area (Å²) in [6.07, 6.45) is 0. The van der Waals surface area contributed by atoms with Crippen LogP contribution in [0.4, 0.5) is 0 Å². The average molecular weight is 190 g/mol. The monoisotopic (exact) mass is 190 g/mol. The average Bonchev–Trinajstić information content (AvgIpc) is 1.95. The van der Waals surface area contributed by atoms with Crippen LogP contribution >= 0.6 is 0 Å². The first-order chi connectivity index (χ1) is 5.84. The lowest BCUT2D eigenvalue weighted by Gasteiger charge is -2.18. The topological polar surface area (TPSA) is 41.1 Å². The first-order valence-electron chi connectivity index (χ1n) is 4.85. The van der Waals surface area contributed by atoms with E-state index in [9.17, 15) is 4.79 Å². The zero-order valence-electron chi connectivity index (χ0n) is 9.40. The van der Waals surface area contributed by atoms with Gasteiger partial charge in [-0.3, -0.25) is 4.79 Å². The molecule has 0 heterocycles. The molecule has 0 aliphatic carbocycles. The molecule has 0 unspecified atom stereocenters. The largest absolute Gasteiger partial charge is 0.354 e. The maximum absolute atomic E-state index is 11.4. The minimum atomic E-state index is -0.280. The fraction of sp³-hybridized carbons (Fsp3) is 0.900. The van der Waals surface area contributed by atoms with Crippen molar-refractivity contribution in [2.45, 2.75) is 40.7 Å². The predicted molar refractivity (Wildman–Crippen MR) is 59.8 cm³/mol. The third-order valence-electron chi connectivity index (χ3n) is 1.64. The summed E-state index contributed by atoms with van der Waals surface area (Å²) in [4.78, 5) is 11.4. The highest BCUT2D eigenvalue weighted by Gasteiger charge is 2.19. The van der Waals surface area contributed by atoms with E-state index in [1.54, 1.807) is 0 Å². The smallest absolute Gasteiger partial charge is 0.225 e. The van der Waals surface area contributed by atoms with Gasteiger partial charge in [-0.25, -0.2) is 0 Å². The number of carbonyl (C=O) groups excluding carboxylic acids is 1. The van der Waals surface area contributed by atoms with Crippen molar-refractivity contribution in [2.75, 3.05) is 13.1 Å². The molecular weight excluding hydrogens is 164 g/mol. The van der Waals surface area contributed by atoms with Gasteiger partial charge in [0.2, 0.25) is 5.91 Å². The second-order valence-corrected chi connectivity index (χ2v) is 4.61. The molecule has 0 fully saturated rings. The molecule has 2 N–H and O–H groups in total. The number of amides is 1. The van der Waals surface area contributed by atoms with Gasteiger partial charge in [-0.1, -0.05) is 34.6 Å². The highest BCUT2D eigenvalue weighted by atomic mass is 16.2. The number of hydrogen-bond acceptors (Lipinski definition) is 2. The third-order valence-corrected chi connectivity index (χ3v) is 1.64. The van der Waals surface area contributed by atoms with E-state index in [1.165, 1.54) is 0 Å². The molecule has 0 spiro atoms. The molecule has 0 aliphatic heterocycles. The molecule has 0 saturated heterocycles. The van der Waals surface area contributed by atoms with Gasteiger partial charge in [0, 0.05) is 27.4 Å². The van der Waals surface area contributed by atoms with E-state index in [4.69, 9.17) is 0 Å². The first-order valence-corrected chi connectivity index (χ1v) is 4.85. The van der Waals surface area contributed by atoms with Crippen LogP contribution in [0.5, 0.6) is 0 Å². The molecule has 0 saturated carbocycles. The van der Waals surface area contributed by atoms with Crippen molar-refractivity contribution in [1.29, 1.82) is 0 Å². The van der Waals surface area contributed by atoms with E-state index in [-0.39, 0.29) is 14.2 Å². The van der Waals surface area contributed by atoms with Crippen LogP contribution < -0.4 is 10.6 Å². The normalized spacial score (nSPS) is 11.8. The fourth-order valence-electron chi connectivity index (χ4n) is 0.802. The van der Waals surface area contributed by atoms with E-state index < -0.39 is 0 Å². The van der Waals surface area contributed by atoms with Crippen LogP contribution in [-0.4, -0.2) is 25.0 Å². The molecule has 0 aromatic carbocycles.